The van der Waals surface area contributed by atoms with Crippen LogP contribution in [0.4, 0.5) is 13.2 Å². The molecule has 2 aliphatic heterocycles. The first kappa shape index (κ1) is 11.5. The molecule has 2 heterocycles. The highest BCUT2D eigenvalue weighted by Gasteiger charge is 2.42. The van der Waals surface area contributed by atoms with Gasteiger partial charge in [-0.15, -0.1) is 0 Å². The van der Waals surface area contributed by atoms with Gasteiger partial charge in [0.1, 0.15) is 12.4 Å². The Kier molecular flexibility index (Phi) is 2.55. The fourth-order valence-electron chi connectivity index (χ4n) is 2.34. The largest absolute Gasteiger partial charge is 0.494 e. The van der Waals surface area contributed by atoms with E-state index in [0.717, 1.165) is 6.08 Å². The molecule has 0 bridgehead atoms. The topological polar surface area (TPSA) is 33.6 Å². The van der Waals surface area contributed by atoms with E-state index < -0.39 is 11.7 Å². The molecule has 1 fully saturated rings. The zero-order valence-corrected chi connectivity index (χ0v) is 9.42. The molecule has 0 radical (unpaired) electrons. The fourth-order valence-corrected chi connectivity index (χ4v) is 2.34. The van der Waals surface area contributed by atoms with Crippen molar-refractivity contribution in [1.82, 2.24) is 5.32 Å². The highest BCUT2D eigenvalue weighted by molar-refractivity contribution is 6.13. The molecule has 3 rings (SSSR count). The average Bonchev–Trinajstić information content (AvgIpc) is 2.36. The Labute approximate surface area is 102 Å². The van der Waals surface area contributed by atoms with Gasteiger partial charge in [0.15, 0.2) is 0 Å². The number of ether oxygens (including phenoxy) is 1. The van der Waals surface area contributed by atoms with Gasteiger partial charge in [-0.2, -0.15) is 13.2 Å². The fraction of sp³-hybridized carbons (Fsp3) is 0.417. The molecule has 3 aliphatic rings. The summed E-state index contributed by atoms with van der Waals surface area (Å²) in [6, 6.07) is -0.281. The monoisotopic (exact) mass is 256 g/mol. The molecular weight excluding hydrogens is 245 g/mol. The Morgan fingerprint density at radius 2 is 2.22 bits per heavy atom. The van der Waals surface area contributed by atoms with Gasteiger partial charge in [-0.1, -0.05) is 12.2 Å². The van der Waals surface area contributed by atoms with E-state index in [9.17, 15) is 13.2 Å². The lowest BCUT2D eigenvalue weighted by Crippen LogP contribution is -2.42. The van der Waals surface area contributed by atoms with E-state index in [-0.39, 0.29) is 18.2 Å². The number of alkyl halides is 3. The first-order valence-electron chi connectivity index (χ1n) is 5.68. The quantitative estimate of drug-likeness (QED) is 0.716. The summed E-state index contributed by atoms with van der Waals surface area (Å²) in [4.78, 5) is 4.09. The number of halogens is 3. The Morgan fingerprint density at radius 1 is 1.39 bits per heavy atom. The molecule has 0 aromatic carbocycles. The number of nitrogens with zero attached hydrogens (tertiary/aromatic N) is 1. The van der Waals surface area contributed by atoms with Crippen LogP contribution in [0.2, 0.25) is 0 Å². The summed E-state index contributed by atoms with van der Waals surface area (Å²) in [5, 5.41) is 3.11. The van der Waals surface area contributed by atoms with Crippen LogP contribution in [0.15, 0.2) is 40.1 Å². The Bertz CT molecular complexity index is 500. The van der Waals surface area contributed by atoms with Crippen molar-refractivity contribution in [3.05, 3.63) is 35.1 Å². The van der Waals surface area contributed by atoms with Crippen LogP contribution in [0.1, 0.15) is 0 Å². The van der Waals surface area contributed by atoms with Gasteiger partial charge >= 0.3 is 6.18 Å². The second-order valence-electron chi connectivity index (χ2n) is 4.22. The van der Waals surface area contributed by atoms with Crippen molar-refractivity contribution in [3.63, 3.8) is 0 Å². The molecule has 6 heteroatoms. The minimum Gasteiger partial charge on any atom is -0.494 e. The Balaban J connectivity index is 2.10. The van der Waals surface area contributed by atoms with E-state index in [1.54, 1.807) is 12.2 Å². The summed E-state index contributed by atoms with van der Waals surface area (Å²) in [6.07, 6.45) is 0.153. The van der Waals surface area contributed by atoms with Crippen LogP contribution in [-0.4, -0.2) is 37.6 Å². The summed E-state index contributed by atoms with van der Waals surface area (Å²) in [7, 11) is 0. The summed E-state index contributed by atoms with van der Waals surface area (Å²) in [5.74, 6) is 0.339. The molecule has 96 valence electrons. The minimum absolute atomic E-state index is 0.0589. The van der Waals surface area contributed by atoms with Crippen LogP contribution in [0.25, 0.3) is 0 Å². The van der Waals surface area contributed by atoms with Gasteiger partial charge in [0, 0.05) is 6.54 Å². The minimum atomic E-state index is -4.37. The van der Waals surface area contributed by atoms with Crippen molar-refractivity contribution < 1.29 is 17.9 Å². The van der Waals surface area contributed by atoms with E-state index in [1.807, 2.05) is 0 Å². The van der Waals surface area contributed by atoms with E-state index in [2.05, 4.69) is 10.3 Å². The first-order chi connectivity index (χ1) is 8.57. The molecule has 0 spiro atoms. The molecule has 0 aromatic rings. The smallest absolute Gasteiger partial charge is 0.416 e. The number of dihydropyridines is 1. The maximum atomic E-state index is 13.0. The number of fused-ring (bicyclic) bond motifs is 2. The molecule has 1 N–H and O–H groups in total. The third kappa shape index (κ3) is 1.77. The van der Waals surface area contributed by atoms with Gasteiger partial charge in [-0.3, -0.25) is 4.99 Å². The van der Waals surface area contributed by atoms with Crippen molar-refractivity contribution in [1.29, 1.82) is 0 Å². The van der Waals surface area contributed by atoms with Crippen LogP contribution in [0.5, 0.6) is 0 Å². The molecule has 1 unspecified atom stereocenters. The standard InChI is InChI=1S/C12H11F3N2O/c13-12(14,15)7-3-4-16-8-1-2-9-11(10(7)8)18-6-5-17-9/h1-3,9,17H,4-6H2. The Morgan fingerprint density at radius 3 is 3.00 bits per heavy atom. The summed E-state index contributed by atoms with van der Waals surface area (Å²) in [5.41, 5.74) is -0.186. The van der Waals surface area contributed by atoms with E-state index >= 15 is 0 Å². The van der Waals surface area contributed by atoms with Crippen molar-refractivity contribution in [2.24, 2.45) is 4.99 Å². The lowest BCUT2D eigenvalue weighted by Gasteiger charge is -2.32. The van der Waals surface area contributed by atoms with Crippen molar-refractivity contribution in [3.8, 4) is 0 Å². The number of allylic oxidation sites excluding steroid dienone is 3. The van der Waals surface area contributed by atoms with Gasteiger partial charge in [-0.25, -0.2) is 0 Å². The van der Waals surface area contributed by atoms with Gasteiger partial charge in [0.05, 0.1) is 29.4 Å². The summed E-state index contributed by atoms with van der Waals surface area (Å²) >= 11 is 0. The third-order valence-corrected chi connectivity index (χ3v) is 3.09. The van der Waals surface area contributed by atoms with E-state index in [1.165, 1.54) is 0 Å². The van der Waals surface area contributed by atoms with Crippen LogP contribution < -0.4 is 5.32 Å². The molecule has 1 atom stereocenters. The lowest BCUT2D eigenvalue weighted by molar-refractivity contribution is -0.0895. The molecule has 0 saturated carbocycles. The molecule has 18 heavy (non-hydrogen) atoms. The number of aliphatic imine (C=N–C) groups is 1. The Hall–Kier alpha value is -1.56. The molecule has 0 aromatic heterocycles. The number of nitrogens with one attached hydrogen (secondary N) is 1. The highest BCUT2D eigenvalue weighted by atomic mass is 19.4. The number of hydrogen-bond donors (Lipinski definition) is 1. The van der Waals surface area contributed by atoms with E-state index in [4.69, 9.17) is 4.74 Å². The molecule has 0 amide bonds. The van der Waals surface area contributed by atoms with Gasteiger partial charge < -0.3 is 10.1 Å². The van der Waals surface area contributed by atoms with Gasteiger partial charge in [0.25, 0.3) is 0 Å². The highest BCUT2D eigenvalue weighted by Crippen LogP contribution is 2.38. The maximum absolute atomic E-state index is 13.0. The summed E-state index contributed by atoms with van der Waals surface area (Å²) < 4.78 is 44.5. The number of rotatable bonds is 0. The van der Waals surface area contributed by atoms with Gasteiger partial charge in [0.2, 0.25) is 0 Å². The zero-order valence-electron chi connectivity index (χ0n) is 9.42. The SMILES string of the molecule is FC(F)(F)C1=CCN=C2C=CC3NCCOC3=C12. The van der Waals surface area contributed by atoms with Crippen LogP contribution in [0, 0.1) is 0 Å². The maximum Gasteiger partial charge on any atom is 0.416 e. The van der Waals surface area contributed by atoms with Crippen LogP contribution in [-0.2, 0) is 4.74 Å². The molecule has 1 saturated heterocycles. The third-order valence-electron chi connectivity index (χ3n) is 3.09. The number of hydrogen-bond acceptors (Lipinski definition) is 3. The number of morpholine rings is 1. The average molecular weight is 256 g/mol. The van der Waals surface area contributed by atoms with Crippen LogP contribution >= 0.6 is 0 Å². The predicted octanol–water partition coefficient (Wildman–Crippen LogP) is 1.74. The second kappa shape index (κ2) is 3.98. The van der Waals surface area contributed by atoms with E-state index in [0.29, 0.717) is 24.6 Å². The van der Waals surface area contributed by atoms with Gasteiger partial charge in [-0.05, 0) is 6.08 Å². The molecule has 3 nitrogen and oxygen atoms in total. The predicted molar refractivity (Wildman–Crippen MR) is 60.3 cm³/mol. The lowest BCUT2D eigenvalue weighted by atomic mass is 9.89. The molecular formula is C12H11F3N2O. The van der Waals surface area contributed by atoms with Crippen LogP contribution in [0.3, 0.4) is 0 Å². The van der Waals surface area contributed by atoms with Crippen molar-refractivity contribution in [2.45, 2.75) is 12.2 Å². The van der Waals surface area contributed by atoms with Crippen molar-refractivity contribution >= 4 is 5.71 Å². The second-order valence-corrected chi connectivity index (χ2v) is 4.22. The van der Waals surface area contributed by atoms with Crippen molar-refractivity contribution in [2.75, 3.05) is 19.7 Å². The normalized spacial score (nSPS) is 26.9. The first-order valence-corrected chi connectivity index (χ1v) is 5.68. The molecule has 1 aliphatic carbocycles. The summed E-state index contributed by atoms with van der Waals surface area (Å²) in [6.45, 7) is 1.06. The zero-order chi connectivity index (χ0) is 12.8.